The summed E-state index contributed by atoms with van der Waals surface area (Å²) in [5.41, 5.74) is 2.63. The molecule has 0 bridgehead atoms. The van der Waals surface area contributed by atoms with Gasteiger partial charge in [-0.3, -0.25) is 9.59 Å². The summed E-state index contributed by atoms with van der Waals surface area (Å²) in [7, 11) is 1.66. The van der Waals surface area contributed by atoms with Gasteiger partial charge in [0, 0.05) is 20.5 Å². The van der Waals surface area contributed by atoms with Crippen LogP contribution in [0.15, 0.2) is 24.3 Å². The molecule has 0 aromatic heterocycles. The average molecular weight is 261 g/mol. The van der Waals surface area contributed by atoms with Gasteiger partial charge in [0.2, 0.25) is 5.78 Å². The Morgan fingerprint density at radius 1 is 1.11 bits per heavy atom. The maximum Gasteiger partial charge on any atom is 0.289 e. The maximum absolute atomic E-state index is 11.4. The molecule has 0 heterocycles. The van der Waals surface area contributed by atoms with Gasteiger partial charge in [-0.05, 0) is 23.0 Å². The molecule has 3 heteroatoms. The van der Waals surface area contributed by atoms with Crippen LogP contribution in [0.2, 0.25) is 0 Å². The number of nitrogens with zero attached hydrogens (tertiary/aromatic N) is 1. The standard InChI is InChI=1S/C16H23NO2/c1-12(18)15(19)17(5)11-10-13-6-8-14(9-7-13)16(2,3)4/h6-9H,10-11H2,1-5H3. The molecule has 0 saturated heterocycles. The summed E-state index contributed by atoms with van der Waals surface area (Å²) in [5, 5.41) is 0. The monoisotopic (exact) mass is 261 g/mol. The largest absolute Gasteiger partial charge is 0.339 e. The fraction of sp³-hybridized carbons (Fsp3) is 0.500. The quantitative estimate of drug-likeness (QED) is 0.781. The molecule has 1 aromatic rings. The van der Waals surface area contributed by atoms with Crippen LogP contribution < -0.4 is 0 Å². The van der Waals surface area contributed by atoms with Crippen molar-refractivity contribution in [3.63, 3.8) is 0 Å². The molecule has 0 aliphatic carbocycles. The van der Waals surface area contributed by atoms with Crippen LogP contribution in [-0.2, 0) is 21.4 Å². The summed E-state index contributed by atoms with van der Waals surface area (Å²) >= 11 is 0. The van der Waals surface area contributed by atoms with Crippen molar-refractivity contribution in [1.29, 1.82) is 0 Å². The van der Waals surface area contributed by atoms with Crippen LogP contribution in [0.1, 0.15) is 38.8 Å². The van der Waals surface area contributed by atoms with Crippen molar-refractivity contribution in [3.05, 3.63) is 35.4 Å². The van der Waals surface area contributed by atoms with E-state index in [-0.39, 0.29) is 5.41 Å². The molecule has 0 fully saturated rings. The van der Waals surface area contributed by atoms with Crippen molar-refractivity contribution in [2.45, 2.75) is 39.5 Å². The third-order valence-electron chi connectivity index (χ3n) is 3.20. The van der Waals surface area contributed by atoms with E-state index in [0.29, 0.717) is 6.54 Å². The first-order valence-electron chi connectivity index (χ1n) is 6.57. The summed E-state index contributed by atoms with van der Waals surface area (Å²) in [4.78, 5) is 23.9. The first kappa shape index (κ1) is 15.4. The van der Waals surface area contributed by atoms with Gasteiger partial charge in [-0.25, -0.2) is 0 Å². The molecule has 0 N–H and O–H groups in total. The van der Waals surface area contributed by atoms with Gasteiger partial charge in [0.1, 0.15) is 0 Å². The zero-order valence-corrected chi connectivity index (χ0v) is 12.5. The number of carbonyl (C=O) groups is 2. The molecule has 0 aliphatic heterocycles. The van der Waals surface area contributed by atoms with Crippen LogP contribution in [0.25, 0.3) is 0 Å². The van der Waals surface area contributed by atoms with Gasteiger partial charge < -0.3 is 4.90 Å². The number of hydrogen-bond donors (Lipinski definition) is 0. The Morgan fingerprint density at radius 3 is 2.05 bits per heavy atom. The molecular formula is C16H23NO2. The predicted octanol–water partition coefficient (Wildman–Crippen LogP) is 2.57. The first-order chi connectivity index (χ1) is 8.71. The fourth-order valence-electron chi connectivity index (χ4n) is 1.84. The number of amides is 1. The Kier molecular flexibility index (Phi) is 4.87. The van der Waals surface area contributed by atoms with Gasteiger partial charge in [0.05, 0.1) is 0 Å². The summed E-state index contributed by atoms with van der Waals surface area (Å²) in [6.07, 6.45) is 0.764. The van der Waals surface area contributed by atoms with Crippen LogP contribution >= 0.6 is 0 Å². The van der Waals surface area contributed by atoms with E-state index in [2.05, 4.69) is 45.0 Å². The third-order valence-corrected chi connectivity index (χ3v) is 3.20. The Morgan fingerprint density at radius 2 is 1.63 bits per heavy atom. The second-order valence-electron chi connectivity index (χ2n) is 5.98. The van der Waals surface area contributed by atoms with Gasteiger partial charge in [0.25, 0.3) is 5.91 Å². The van der Waals surface area contributed by atoms with Gasteiger partial charge in [-0.1, -0.05) is 45.0 Å². The van der Waals surface area contributed by atoms with E-state index in [9.17, 15) is 9.59 Å². The summed E-state index contributed by atoms with van der Waals surface area (Å²) in [5.74, 6) is -0.836. The number of benzene rings is 1. The van der Waals surface area contributed by atoms with Crippen molar-refractivity contribution in [2.75, 3.05) is 13.6 Å². The molecular weight excluding hydrogens is 238 g/mol. The zero-order chi connectivity index (χ0) is 14.6. The van der Waals surface area contributed by atoms with Crippen LogP contribution in [0.3, 0.4) is 0 Å². The molecule has 1 rings (SSSR count). The second-order valence-corrected chi connectivity index (χ2v) is 5.98. The number of Topliss-reactive ketones (excluding diaryl/α,β-unsaturated/α-hetero) is 1. The molecule has 3 nitrogen and oxygen atoms in total. The van der Waals surface area contributed by atoms with Crippen LogP contribution in [0, 0.1) is 0 Å². The topological polar surface area (TPSA) is 37.4 Å². The highest BCUT2D eigenvalue weighted by atomic mass is 16.2. The first-order valence-corrected chi connectivity index (χ1v) is 6.57. The van der Waals surface area contributed by atoms with Crippen LogP contribution in [-0.4, -0.2) is 30.2 Å². The summed E-state index contributed by atoms with van der Waals surface area (Å²) < 4.78 is 0. The molecule has 19 heavy (non-hydrogen) atoms. The van der Waals surface area contributed by atoms with Crippen LogP contribution in [0.5, 0.6) is 0 Å². The van der Waals surface area contributed by atoms with E-state index in [0.717, 1.165) is 6.42 Å². The van der Waals surface area contributed by atoms with E-state index < -0.39 is 11.7 Å². The lowest BCUT2D eigenvalue weighted by molar-refractivity contribution is -0.142. The van der Waals surface area contributed by atoms with E-state index in [1.54, 1.807) is 7.05 Å². The Hall–Kier alpha value is -1.64. The molecule has 0 spiro atoms. The van der Waals surface area contributed by atoms with Crippen molar-refractivity contribution in [1.82, 2.24) is 4.90 Å². The van der Waals surface area contributed by atoms with Crippen molar-refractivity contribution >= 4 is 11.7 Å². The molecule has 0 atom stereocenters. The highest BCUT2D eigenvalue weighted by Gasteiger charge is 2.14. The van der Waals surface area contributed by atoms with Gasteiger partial charge in [-0.2, -0.15) is 0 Å². The predicted molar refractivity (Wildman–Crippen MR) is 77.2 cm³/mol. The number of ketones is 1. The van der Waals surface area contributed by atoms with Crippen molar-refractivity contribution < 1.29 is 9.59 Å². The van der Waals surface area contributed by atoms with Crippen molar-refractivity contribution in [2.24, 2.45) is 0 Å². The lowest BCUT2D eigenvalue weighted by atomic mass is 9.86. The maximum atomic E-state index is 11.4. The van der Waals surface area contributed by atoms with Gasteiger partial charge >= 0.3 is 0 Å². The number of rotatable bonds is 4. The SMILES string of the molecule is CC(=O)C(=O)N(C)CCc1ccc(C(C)(C)C)cc1. The molecule has 104 valence electrons. The minimum Gasteiger partial charge on any atom is -0.339 e. The number of likely N-dealkylation sites (N-methyl/N-ethyl adjacent to an activating group) is 1. The molecule has 1 amide bonds. The van der Waals surface area contributed by atoms with E-state index >= 15 is 0 Å². The molecule has 0 saturated carbocycles. The lowest BCUT2D eigenvalue weighted by Gasteiger charge is -2.19. The fourth-order valence-corrected chi connectivity index (χ4v) is 1.84. The van der Waals surface area contributed by atoms with Crippen molar-refractivity contribution in [3.8, 4) is 0 Å². The smallest absolute Gasteiger partial charge is 0.289 e. The highest BCUT2D eigenvalue weighted by Crippen LogP contribution is 2.22. The molecule has 0 aliphatic rings. The van der Waals surface area contributed by atoms with E-state index in [1.807, 2.05) is 0 Å². The summed E-state index contributed by atoms with van der Waals surface area (Å²) in [6, 6.07) is 8.43. The average Bonchev–Trinajstić information content (AvgIpc) is 2.34. The second kappa shape index (κ2) is 6.00. The highest BCUT2D eigenvalue weighted by molar-refractivity contribution is 6.34. The molecule has 1 aromatic carbocycles. The molecule has 0 radical (unpaired) electrons. The third kappa shape index (κ3) is 4.51. The minimum absolute atomic E-state index is 0.153. The lowest BCUT2D eigenvalue weighted by Crippen LogP contribution is -2.33. The Balaban J connectivity index is 2.60. The normalized spacial score (nSPS) is 11.2. The van der Waals surface area contributed by atoms with E-state index in [4.69, 9.17) is 0 Å². The Bertz CT molecular complexity index is 455. The number of carbonyl (C=O) groups excluding carboxylic acids is 2. The van der Waals surface area contributed by atoms with Gasteiger partial charge in [0.15, 0.2) is 0 Å². The summed E-state index contributed by atoms with van der Waals surface area (Å²) in [6.45, 7) is 8.41. The van der Waals surface area contributed by atoms with E-state index in [1.165, 1.54) is 23.0 Å². The molecule has 0 unspecified atom stereocenters. The zero-order valence-electron chi connectivity index (χ0n) is 12.5. The van der Waals surface area contributed by atoms with Crippen LogP contribution in [0.4, 0.5) is 0 Å². The minimum atomic E-state index is -0.425. The number of hydrogen-bond acceptors (Lipinski definition) is 2. The van der Waals surface area contributed by atoms with Gasteiger partial charge in [-0.15, -0.1) is 0 Å². The Labute approximate surface area is 115 Å².